The molecule has 4 rings (SSSR count). The lowest BCUT2D eigenvalue weighted by Gasteiger charge is -2.11. The first kappa shape index (κ1) is 15.7. The van der Waals surface area contributed by atoms with Crippen molar-refractivity contribution in [3.63, 3.8) is 0 Å². The molecular formula is C16H12FNO6S. The van der Waals surface area contributed by atoms with Crippen LogP contribution in [-0.2, 0) is 16.6 Å². The van der Waals surface area contributed by atoms with Crippen LogP contribution in [0.25, 0.3) is 0 Å². The molecule has 0 amide bonds. The van der Waals surface area contributed by atoms with Crippen molar-refractivity contribution in [2.45, 2.75) is 6.61 Å². The van der Waals surface area contributed by atoms with E-state index in [1.54, 1.807) is 0 Å². The lowest BCUT2D eigenvalue weighted by molar-refractivity contribution is 0.103. The third-order valence-electron chi connectivity index (χ3n) is 3.87. The maximum atomic E-state index is 14.7. The molecule has 7 nitrogen and oxygen atoms in total. The Hall–Kier alpha value is -2.81. The van der Waals surface area contributed by atoms with Gasteiger partial charge in [0.2, 0.25) is 16.8 Å². The predicted octanol–water partition coefficient (Wildman–Crippen LogP) is 2.05. The van der Waals surface area contributed by atoms with Gasteiger partial charge in [0.15, 0.2) is 23.1 Å². The molecule has 0 aliphatic carbocycles. The normalized spacial score (nSPS) is 15.0. The molecule has 0 saturated carbocycles. The molecule has 1 N–H and O–H groups in total. The number of hydrogen-bond acceptors (Lipinski definition) is 6. The molecule has 0 fully saturated rings. The van der Waals surface area contributed by atoms with E-state index < -0.39 is 21.6 Å². The van der Waals surface area contributed by atoms with Gasteiger partial charge in [-0.05, 0) is 18.2 Å². The smallest absolute Gasteiger partial charge is 0.231 e. The van der Waals surface area contributed by atoms with E-state index in [0.29, 0.717) is 11.5 Å². The third-order valence-corrected chi connectivity index (χ3v) is 4.47. The third kappa shape index (κ3) is 2.66. The molecule has 0 unspecified atom stereocenters. The van der Waals surface area contributed by atoms with Gasteiger partial charge in [0.1, 0.15) is 12.4 Å². The maximum Gasteiger partial charge on any atom is 0.231 e. The van der Waals surface area contributed by atoms with Gasteiger partial charge in [-0.1, -0.05) is 0 Å². The molecule has 9 heteroatoms. The monoisotopic (exact) mass is 365 g/mol. The zero-order valence-corrected chi connectivity index (χ0v) is 13.8. The SMILES string of the molecule is CS(=O)(=O)Nc1ccc2c(c1F)COc1cc3c(cc1C2=O)OCO3. The van der Waals surface area contributed by atoms with E-state index >= 15 is 0 Å². The van der Waals surface area contributed by atoms with Gasteiger partial charge >= 0.3 is 0 Å². The molecule has 2 aromatic carbocycles. The molecule has 0 saturated heterocycles. The van der Waals surface area contributed by atoms with Crippen molar-refractivity contribution in [2.75, 3.05) is 17.8 Å². The van der Waals surface area contributed by atoms with Crippen LogP contribution in [0.4, 0.5) is 10.1 Å². The summed E-state index contributed by atoms with van der Waals surface area (Å²) in [6.45, 7) is -0.170. The summed E-state index contributed by atoms with van der Waals surface area (Å²) in [7, 11) is -3.66. The van der Waals surface area contributed by atoms with E-state index in [4.69, 9.17) is 14.2 Å². The topological polar surface area (TPSA) is 90.9 Å². The molecule has 2 aromatic rings. The van der Waals surface area contributed by atoms with Crippen LogP contribution < -0.4 is 18.9 Å². The number of nitrogens with one attached hydrogen (secondary N) is 1. The minimum Gasteiger partial charge on any atom is -0.488 e. The molecule has 0 aromatic heterocycles. The van der Waals surface area contributed by atoms with Crippen LogP contribution in [0.2, 0.25) is 0 Å². The highest BCUT2D eigenvalue weighted by molar-refractivity contribution is 7.92. The second kappa shape index (κ2) is 5.35. The number of sulfonamides is 1. The number of halogens is 1. The fourth-order valence-electron chi connectivity index (χ4n) is 2.77. The van der Waals surface area contributed by atoms with E-state index in [2.05, 4.69) is 4.72 Å². The van der Waals surface area contributed by atoms with Gasteiger partial charge in [-0.3, -0.25) is 9.52 Å². The van der Waals surface area contributed by atoms with Gasteiger partial charge < -0.3 is 14.2 Å². The number of carbonyl (C=O) groups is 1. The standard InChI is InChI=1S/C16H12FNO6S/c1-25(20,21)18-11-3-2-8-10(15(11)17)6-22-12-5-14-13(23-7-24-14)4-9(12)16(8)19/h2-5,18H,6-7H2,1H3. The van der Waals surface area contributed by atoms with E-state index in [1.165, 1.54) is 24.3 Å². The number of hydrogen-bond donors (Lipinski definition) is 1. The quantitative estimate of drug-likeness (QED) is 0.876. The number of anilines is 1. The van der Waals surface area contributed by atoms with Gasteiger partial charge in [-0.2, -0.15) is 0 Å². The van der Waals surface area contributed by atoms with Crippen molar-refractivity contribution >= 4 is 21.5 Å². The highest BCUT2D eigenvalue weighted by Crippen LogP contribution is 2.41. The van der Waals surface area contributed by atoms with Crippen molar-refractivity contribution in [1.82, 2.24) is 0 Å². The zero-order valence-electron chi connectivity index (χ0n) is 13.0. The second-order valence-electron chi connectivity index (χ2n) is 5.65. The van der Waals surface area contributed by atoms with Crippen molar-refractivity contribution in [3.8, 4) is 17.2 Å². The van der Waals surface area contributed by atoms with Gasteiger partial charge in [0.05, 0.1) is 17.5 Å². The highest BCUT2D eigenvalue weighted by atomic mass is 32.2. The summed E-state index contributed by atoms with van der Waals surface area (Å²) < 4.78 is 55.5. The first-order valence-corrected chi connectivity index (χ1v) is 9.13. The lowest BCUT2D eigenvalue weighted by Crippen LogP contribution is -2.13. The van der Waals surface area contributed by atoms with Crippen LogP contribution in [0.15, 0.2) is 24.3 Å². The molecular weight excluding hydrogens is 353 g/mol. The first-order chi connectivity index (χ1) is 11.8. The molecule has 130 valence electrons. The molecule has 0 radical (unpaired) electrons. The Kier molecular flexibility index (Phi) is 3.36. The van der Waals surface area contributed by atoms with E-state index in [1.807, 2.05) is 0 Å². The minimum atomic E-state index is -3.66. The van der Waals surface area contributed by atoms with E-state index in [-0.39, 0.29) is 41.5 Å². The molecule has 0 bridgehead atoms. The fourth-order valence-corrected chi connectivity index (χ4v) is 3.33. The number of benzene rings is 2. The summed E-state index contributed by atoms with van der Waals surface area (Å²) in [5.41, 5.74) is 0.0787. The van der Waals surface area contributed by atoms with Crippen molar-refractivity contribution in [3.05, 3.63) is 46.8 Å². The molecule has 2 aliphatic rings. The zero-order chi connectivity index (χ0) is 17.8. The van der Waals surface area contributed by atoms with Crippen molar-refractivity contribution in [2.24, 2.45) is 0 Å². The van der Waals surface area contributed by atoms with Crippen LogP contribution in [0.5, 0.6) is 17.2 Å². The van der Waals surface area contributed by atoms with Gasteiger partial charge in [-0.25, -0.2) is 12.8 Å². The number of ether oxygens (including phenoxy) is 3. The first-order valence-electron chi connectivity index (χ1n) is 7.24. The van der Waals surface area contributed by atoms with Crippen LogP contribution in [-0.4, -0.2) is 27.2 Å². The van der Waals surface area contributed by atoms with Gasteiger partial charge in [-0.15, -0.1) is 0 Å². The summed E-state index contributed by atoms with van der Waals surface area (Å²) in [5, 5.41) is 0. The number of fused-ring (bicyclic) bond motifs is 3. The maximum absolute atomic E-state index is 14.7. The Morgan fingerprint density at radius 2 is 1.76 bits per heavy atom. The Bertz CT molecular complexity index is 1020. The highest BCUT2D eigenvalue weighted by Gasteiger charge is 2.29. The average molecular weight is 365 g/mol. The van der Waals surface area contributed by atoms with Crippen LogP contribution in [0.1, 0.15) is 21.5 Å². The minimum absolute atomic E-state index is 0.0168. The van der Waals surface area contributed by atoms with E-state index in [0.717, 1.165) is 6.26 Å². The lowest BCUT2D eigenvalue weighted by atomic mass is 9.98. The Morgan fingerprint density at radius 3 is 2.48 bits per heavy atom. The second-order valence-corrected chi connectivity index (χ2v) is 7.40. The Labute approximate surface area is 142 Å². The summed E-state index contributed by atoms with van der Waals surface area (Å²) >= 11 is 0. The van der Waals surface area contributed by atoms with Crippen LogP contribution >= 0.6 is 0 Å². The largest absolute Gasteiger partial charge is 0.488 e. The Morgan fingerprint density at radius 1 is 1.04 bits per heavy atom. The summed E-state index contributed by atoms with van der Waals surface area (Å²) in [4.78, 5) is 12.8. The molecule has 0 atom stereocenters. The van der Waals surface area contributed by atoms with Crippen LogP contribution in [0.3, 0.4) is 0 Å². The Balaban J connectivity index is 1.82. The fraction of sp³-hybridized carbons (Fsp3) is 0.188. The van der Waals surface area contributed by atoms with Crippen LogP contribution in [0, 0.1) is 5.82 Å². The predicted molar refractivity (Wildman–Crippen MR) is 85.2 cm³/mol. The number of carbonyl (C=O) groups excluding carboxylic acids is 1. The molecule has 0 spiro atoms. The average Bonchev–Trinajstić information content (AvgIpc) is 2.94. The summed E-state index contributed by atoms with van der Waals surface area (Å²) in [6.07, 6.45) is 0.914. The van der Waals surface area contributed by atoms with Gasteiger partial charge in [0, 0.05) is 17.2 Å². The molecule has 25 heavy (non-hydrogen) atoms. The van der Waals surface area contributed by atoms with Crippen molar-refractivity contribution < 1.29 is 31.8 Å². The number of rotatable bonds is 2. The van der Waals surface area contributed by atoms with Gasteiger partial charge in [0.25, 0.3) is 0 Å². The van der Waals surface area contributed by atoms with Crippen molar-refractivity contribution in [1.29, 1.82) is 0 Å². The number of ketones is 1. The summed E-state index contributed by atoms with van der Waals surface area (Å²) in [5.74, 6) is -0.176. The molecule has 2 aliphatic heterocycles. The van der Waals surface area contributed by atoms with E-state index in [9.17, 15) is 17.6 Å². The summed E-state index contributed by atoms with van der Waals surface area (Å²) in [6, 6.07) is 5.60. The molecule has 2 heterocycles.